The number of piperidine rings is 1. The van der Waals surface area contributed by atoms with Crippen LogP contribution in [-0.2, 0) is 11.1 Å². The van der Waals surface area contributed by atoms with Crippen molar-refractivity contribution in [3.8, 4) is 11.3 Å². The van der Waals surface area contributed by atoms with Gasteiger partial charge in [-0.05, 0) is 36.6 Å². The lowest BCUT2D eigenvalue weighted by Gasteiger charge is -2.14. The zero-order chi connectivity index (χ0) is 15.4. The Morgan fingerprint density at radius 3 is 2.55 bits per heavy atom. The SMILES string of the molecule is FC(F)(P)c1cccc(-c2ccc([C@]34CNC[C@H]3C4)cc2)n1. The number of hydrogen-bond acceptors (Lipinski definition) is 2. The lowest BCUT2D eigenvalue weighted by molar-refractivity contribution is 0.0988. The van der Waals surface area contributed by atoms with Crippen LogP contribution in [0.5, 0.6) is 0 Å². The van der Waals surface area contributed by atoms with Crippen LogP contribution < -0.4 is 5.32 Å². The maximum atomic E-state index is 13.4. The number of fused-ring (bicyclic) bond motifs is 1. The Balaban J connectivity index is 1.64. The molecule has 1 aliphatic heterocycles. The second-order valence-electron chi connectivity index (χ2n) is 6.30. The molecule has 1 aliphatic carbocycles. The Labute approximate surface area is 130 Å². The van der Waals surface area contributed by atoms with Gasteiger partial charge < -0.3 is 5.32 Å². The van der Waals surface area contributed by atoms with Crippen molar-refractivity contribution in [2.24, 2.45) is 5.92 Å². The summed E-state index contributed by atoms with van der Waals surface area (Å²) >= 11 is 0. The number of nitrogens with one attached hydrogen (secondary N) is 1. The molecule has 22 heavy (non-hydrogen) atoms. The average Bonchev–Trinajstić information content (AvgIpc) is 3.08. The van der Waals surface area contributed by atoms with Crippen LogP contribution in [0.3, 0.4) is 0 Å². The fraction of sp³-hybridized carbons (Fsp3) is 0.353. The van der Waals surface area contributed by atoms with Gasteiger partial charge in [-0.1, -0.05) is 39.6 Å². The second kappa shape index (κ2) is 4.81. The van der Waals surface area contributed by atoms with Gasteiger partial charge in [-0.2, -0.15) is 8.78 Å². The Bertz CT molecular complexity index is 711. The number of hydrogen-bond donors (Lipinski definition) is 1. The van der Waals surface area contributed by atoms with E-state index >= 15 is 0 Å². The number of nitrogens with zero attached hydrogens (tertiary/aromatic N) is 1. The van der Waals surface area contributed by atoms with Crippen molar-refractivity contribution >= 4 is 9.24 Å². The van der Waals surface area contributed by atoms with E-state index in [1.807, 2.05) is 12.1 Å². The standard InChI is InChI=1S/C17H17F2N2P/c18-17(19,22)15-3-1-2-14(21-15)11-4-6-12(7-5-11)16-8-13(16)9-20-10-16/h1-7,13,20H,8-10,22H2/t13-,16+/m1/s1. The van der Waals surface area contributed by atoms with Gasteiger partial charge in [0.05, 0.1) is 5.69 Å². The van der Waals surface area contributed by atoms with Gasteiger partial charge in [0.15, 0.2) is 0 Å². The van der Waals surface area contributed by atoms with Gasteiger partial charge in [0.1, 0.15) is 5.69 Å². The molecule has 3 atom stereocenters. The molecule has 1 aromatic heterocycles. The molecule has 1 saturated carbocycles. The van der Waals surface area contributed by atoms with E-state index in [1.54, 1.807) is 12.1 Å². The first kappa shape index (κ1) is 14.2. The molecule has 2 heterocycles. The maximum Gasteiger partial charge on any atom is 0.300 e. The third kappa shape index (κ3) is 2.26. The fourth-order valence-corrected chi connectivity index (χ4v) is 3.70. The molecule has 1 N–H and O–H groups in total. The van der Waals surface area contributed by atoms with E-state index in [-0.39, 0.29) is 5.69 Å². The van der Waals surface area contributed by atoms with Crippen molar-refractivity contribution in [2.45, 2.75) is 17.5 Å². The highest BCUT2D eigenvalue weighted by Gasteiger charge is 2.57. The van der Waals surface area contributed by atoms with E-state index in [0.717, 1.165) is 24.6 Å². The quantitative estimate of drug-likeness (QED) is 0.876. The molecular formula is C17H17F2N2P. The maximum absolute atomic E-state index is 13.4. The Morgan fingerprint density at radius 1 is 1.18 bits per heavy atom. The molecule has 2 fully saturated rings. The molecular weight excluding hydrogens is 301 g/mol. The predicted octanol–water partition coefficient (Wildman–Crippen LogP) is 3.53. The van der Waals surface area contributed by atoms with Crippen molar-refractivity contribution in [1.29, 1.82) is 0 Å². The van der Waals surface area contributed by atoms with Crippen molar-refractivity contribution in [2.75, 3.05) is 13.1 Å². The van der Waals surface area contributed by atoms with E-state index < -0.39 is 5.66 Å². The van der Waals surface area contributed by atoms with Crippen molar-refractivity contribution in [3.05, 3.63) is 53.7 Å². The molecule has 1 saturated heterocycles. The molecule has 5 heteroatoms. The van der Waals surface area contributed by atoms with E-state index in [0.29, 0.717) is 11.1 Å². The van der Waals surface area contributed by atoms with Gasteiger partial charge in [-0.15, -0.1) is 0 Å². The molecule has 0 bridgehead atoms. The number of rotatable bonds is 3. The summed E-state index contributed by atoms with van der Waals surface area (Å²) in [6.45, 7) is 2.15. The summed E-state index contributed by atoms with van der Waals surface area (Å²) in [4.78, 5) is 4.09. The molecule has 2 aromatic rings. The van der Waals surface area contributed by atoms with Gasteiger partial charge in [0.25, 0.3) is 5.66 Å². The number of alkyl halides is 2. The van der Waals surface area contributed by atoms with Crippen LogP contribution in [0.2, 0.25) is 0 Å². The van der Waals surface area contributed by atoms with E-state index in [2.05, 4.69) is 22.4 Å². The summed E-state index contributed by atoms with van der Waals surface area (Å²) in [5.41, 5.74) is -0.0919. The van der Waals surface area contributed by atoms with Crippen LogP contribution in [-0.4, -0.2) is 18.1 Å². The van der Waals surface area contributed by atoms with E-state index in [9.17, 15) is 8.78 Å². The zero-order valence-corrected chi connectivity index (χ0v) is 13.2. The minimum Gasteiger partial charge on any atom is -0.316 e. The molecule has 1 aromatic carbocycles. The third-order valence-corrected chi connectivity index (χ3v) is 5.21. The topological polar surface area (TPSA) is 24.9 Å². The zero-order valence-electron chi connectivity index (χ0n) is 12.0. The molecule has 1 unspecified atom stereocenters. The van der Waals surface area contributed by atoms with Gasteiger partial charge in [-0.3, -0.25) is 0 Å². The summed E-state index contributed by atoms with van der Waals surface area (Å²) < 4.78 is 26.7. The largest absolute Gasteiger partial charge is 0.316 e. The Morgan fingerprint density at radius 2 is 1.95 bits per heavy atom. The van der Waals surface area contributed by atoms with Gasteiger partial charge in [0.2, 0.25) is 0 Å². The van der Waals surface area contributed by atoms with Gasteiger partial charge >= 0.3 is 0 Å². The summed E-state index contributed by atoms with van der Waals surface area (Å²) in [5.74, 6) is 0.760. The molecule has 4 rings (SSSR count). The summed E-state index contributed by atoms with van der Waals surface area (Å²) in [7, 11) is 1.54. The number of pyridine rings is 1. The molecule has 0 spiro atoms. The highest BCUT2D eigenvalue weighted by molar-refractivity contribution is 7.17. The van der Waals surface area contributed by atoms with Crippen LogP contribution in [0.4, 0.5) is 8.78 Å². The lowest BCUT2D eigenvalue weighted by Crippen LogP contribution is -2.19. The summed E-state index contributed by atoms with van der Waals surface area (Å²) in [5, 5.41) is 3.43. The van der Waals surface area contributed by atoms with Crippen molar-refractivity contribution < 1.29 is 8.78 Å². The van der Waals surface area contributed by atoms with E-state index in [1.165, 1.54) is 27.3 Å². The van der Waals surface area contributed by atoms with Gasteiger partial charge in [-0.25, -0.2) is 4.98 Å². The summed E-state index contributed by atoms with van der Waals surface area (Å²) in [6, 6.07) is 13.0. The molecule has 0 radical (unpaired) electrons. The van der Waals surface area contributed by atoms with E-state index in [4.69, 9.17) is 0 Å². The summed E-state index contributed by atoms with van der Waals surface area (Å²) in [6.07, 6.45) is 1.26. The van der Waals surface area contributed by atoms with Crippen LogP contribution in [0.15, 0.2) is 42.5 Å². The first-order chi connectivity index (χ1) is 10.5. The first-order valence-corrected chi connectivity index (χ1v) is 8.03. The van der Waals surface area contributed by atoms with Crippen molar-refractivity contribution in [1.82, 2.24) is 10.3 Å². The number of halogens is 2. The van der Waals surface area contributed by atoms with Crippen LogP contribution in [0.25, 0.3) is 11.3 Å². The lowest BCUT2D eigenvalue weighted by atomic mass is 9.94. The third-order valence-electron chi connectivity index (χ3n) is 4.91. The molecule has 2 aliphatic rings. The monoisotopic (exact) mass is 318 g/mol. The minimum atomic E-state index is -2.99. The predicted molar refractivity (Wildman–Crippen MR) is 85.9 cm³/mol. The molecule has 2 nitrogen and oxygen atoms in total. The van der Waals surface area contributed by atoms with Gasteiger partial charge in [0, 0.05) is 17.5 Å². The Kier molecular flexibility index (Phi) is 3.11. The van der Waals surface area contributed by atoms with Crippen LogP contribution >= 0.6 is 9.24 Å². The smallest absolute Gasteiger partial charge is 0.300 e. The van der Waals surface area contributed by atoms with Crippen LogP contribution in [0, 0.1) is 5.92 Å². The number of benzene rings is 1. The average molecular weight is 318 g/mol. The highest BCUT2D eigenvalue weighted by Crippen LogP contribution is 2.56. The normalized spacial score (nSPS) is 26.8. The second-order valence-corrected chi connectivity index (χ2v) is 7.02. The minimum absolute atomic E-state index is 0.222. The highest BCUT2D eigenvalue weighted by atomic mass is 31.0. The first-order valence-electron chi connectivity index (χ1n) is 7.45. The molecule has 0 amide bonds. The molecule has 114 valence electrons. The number of aromatic nitrogens is 1. The fourth-order valence-electron chi connectivity index (χ4n) is 3.54. The Hall–Kier alpha value is -1.38. The van der Waals surface area contributed by atoms with Crippen molar-refractivity contribution in [3.63, 3.8) is 0 Å². The van der Waals surface area contributed by atoms with Crippen LogP contribution in [0.1, 0.15) is 17.7 Å².